The van der Waals surface area contributed by atoms with Crippen LogP contribution < -0.4 is 0 Å². The molecule has 0 bridgehead atoms. The maximum absolute atomic E-state index is 11.5. The Bertz CT molecular complexity index is 625. The van der Waals surface area contributed by atoms with E-state index in [0.29, 0.717) is 10.6 Å². The lowest BCUT2D eigenvalue weighted by atomic mass is 9.47. The van der Waals surface area contributed by atoms with Gasteiger partial charge in [-0.3, -0.25) is 0 Å². The normalized spacial score (nSPS) is 21.7. The van der Waals surface area contributed by atoms with Gasteiger partial charge in [-0.2, -0.15) is 0 Å². The van der Waals surface area contributed by atoms with Gasteiger partial charge in [0.25, 0.3) is 0 Å². The first-order valence-corrected chi connectivity index (χ1v) is 7.78. The first-order valence-electron chi connectivity index (χ1n) is 7.40. The number of halogens is 1. The molecule has 0 aliphatic heterocycles. The van der Waals surface area contributed by atoms with Crippen molar-refractivity contribution in [3.63, 3.8) is 0 Å². The fraction of sp³-hybridized carbons (Fsp3) is 0.611. The van der Waals surface area contributed by atoms with Crippen LogP contribution in [0.25, 0.3) is 0 Å². The van der Waals surface area contributed by atoms with Crippen LogP contribution in [0.3, 0.4) is 0 Å². The van der Waals surface area contributed by atoms with E-state index in [0.717, 1.165) is 23.1 Å². The molecule has 2 nitrogen and oxygen atoms in total. The lowest BCUT2D eigenvalue weighted by Crippen LogP contribution is -2.52. The number of hydrogen-bond donors (Lipinski definition) is 1. The third-order valence-electron chi connectivity index (χ3n) is 6.37. The molecule has 0 atom stereocenters. The molecule has 0 aromatic heterocycles. The molecular weight excluding hydrogens is 284 g/mol. The molecule has 1 aliphatic rings. The lowest BCUT2D eigenvalue weighted by molar-refractivity contribution is 0.0149. The van der Waals surface area contributed by atoms with Crippen molar-refractivity contribution in [3.8, 4) is 0 Å². The molecule has 0 radical (unpaired) electrons. The highest BCUT2D eigenvalue weighted by Gasteiger charge is 2.54. The zero-order valence-corrected chi connectivity index (χ0v) is 14.8. The van der Waals surface area contributed by atoms with E-state index in [4.69, 9.17) is 11.6 Å². The Labute approximate surface area is 132 Å². The fourth-order valence-electron chi connectivity index (χ4n) is 3.86. The van der Waals surface area contributed by atoms with Crippen molar-refractivity contribution in [2.45, 2.75) is 60.3 Å². The van der Waals surface area contributed by atoms with Crippen LogP contribution in [0.15, 0.2) is 6.07 Å². The Morgan fingerprint density at radius 1 is 1.19 bits per heavy atom. The van der Waals surface area contributed by atoms with Crippen LogP contribution in [0.2, 0.25) is 5.02 Å². The van der Waals surface area contributed by atoms with Gasteiger partial charge in [0.05, 0.1) is 5.56 Å². The van der Waals surface area contributed by atoms with Crippen LogP contribution in [0, 0.1) is 17.8 Å². The van der Waals surface area contributed by atoms with Crippen LogP contribution in [0.4, 0.5) is 0 Å². The van der Waals surface area contributed by atoms with E-state index in [-0.39, 0.29) is 16.2 Å². The third kappa shape index (κ3) is 2.03. The van der Waals surface area contributed by atoms with E-state index in [9.17, 15) is 9.90 Å². The second kappa shape index (κ2) is 4.49. The monoisotopic (exact) mass is 308 g/mol. The van der Waals surface area contributed by atoms with Gasteiger partial charge < -0.3 is 5.11 Å². The smallest absolute Gasteiger partial charge is 0.336 e. The van der Waals surface area contributed by atoms with Gasteiger partial charge in [-0.25, -0.2) is 4.79 Å². The van der Waals surface area contributed by atoms with Crippen molar-refractivity contribution < 1.29 is 9.90 Å². The van der Waals surface area contributed by atoms with Crippen LogP contribution >= 0.6 is 11.6 Å². The Morgan fingerprint density at radius 2 is 1.71 bits per heavy atom. The van der Waals surface area contributed by atoms with E-state index in [1.165, 1.54) is 0 Å². The molecular formula is C18H25ClO2. The first-order chi connectivity index (χ1) is 9.34. The Kier molecular flexibility index (Phi) is 3.49. The lowest BCUT2D eigenvalue weighted by Gasteiger charge is -2.57. The van der Waals surface area contributed by atoms with Gasteiger partial charge in [-0.05, 0) is 52.3 Å². The summed E-state index contributed by atoms with van der Waals surface area (Å²) in [6.45, 7) is 15.4. The summed E-state index contributed by atoms with van der Waals surface area (Å²) in [6.07, 6.45) is 0.873. The van der Waals surface area contributed by atoms with Crippen LogP contribution in [-0.4, -0.2) is 11.1 Å². The number of benzene rings is 1. The van der Waals surface area contributed by atoms with Crippen molar-refractivity contribution in [2.24, 2.45) is 10.8 Å². The molecule has 0 heterocycles. The van der Waals surface area contributed by atoms with Crippen molar-refractivity contribution in [1.29, 1.82) is 0 Å². The summed E-state index contributed by atoms with van der Waals surface area (Å²) in [5, 5.41) is 10.0. The molecule has 1 aromatic carbocycles. The summed E-state index contributed by atoms with van der Waals surface area (Å²) in [6, 6.07) is 1.61. The molecule has 1 aromatic rings. The topological polar surface area (TPSA) is 37.3 Å². The molecule has 1 aliphatic carbocycles. The van der Waals surface area contributed by atoms with Crippen molar-refractivity contribution in [2.75, 3.05) is 0 Å². The molecule has 0 saturated carbocycles. The summed E-state index contributed by atoms with van der Waals surface area (Å²) in [7, 11) is 0. The van der Waals surface area contributed by atoms with Gasteiger partial charge in [0.2, 0.25) is 0 Å². The SMILES string of the molecule is Cc1c(C(=O)O)cc(Cl)c2c1C(C)(C)C(C)(C)C(C)(C)C2. The van der Waals surface area contributed by atoms with Gasteiger partial charge in [0.1, 0.15) is 0 Å². The number of hydrogen-bond acceptors (Lipinski definition) is 1. The minimum Gasteiger partial charge on any atom is -0.478 e. The predicted molar refractivity (Wildman–Crippen MR) is 87.4 cm³/mol. The molecule has 116 valence electrons. The number of carboxylic acid groups (broad SMARTS) is 1. The minimum atomic E-state index is -0.907. The number of carboxylic acids is 1. The Balaban J connectivity index is 2.89. The van der Waals surface area contributed by atoms with Crippen molar-refractivity contribution in [3.05, 3.63) is 33.3 Å². The Morgan fingerprint density at radius 3 is 2.19 bits per heavy atom. The van der Waals surface area contributed by atoms with Crippen LogP contribution in [-0.2, 0) is 11.8 Å². The molecule has 0 unspecified atom stereocenters. The zero-order chi connectivity index (χ0) is 16.4. The molecule has 0 fully saturated rings. The maximum atomic E-state index is 11.5. The van der Waals surface area contributed by atoms with Gasteiger partial charge in [-0.15, -0.1) is 0 Å². The average molecular weight is 309 g/mol. The van der Waals surface area contributed by atoms with E-state index >= 15 is 0 Å². The highest BCUT2D eigenvalue weighted by atomic mass is 35.5. The molecule has 1 N–H and O–H groups in total. The molecule has 0 spiro atoms. The van der Waals surface area contributed by atoms with Gasteiger partial charge in [0, 0.05) is 5.02 Å². The Hall–Kier alpha value is -1.02. The van der Waals surface area contributed by atoms with Crippen LogP contribution in [0.5, 0.6) is 0 Å². The maximum Gasteiger partial charge on any atom is 0.336 e. The second-order valence-electron chi connectivity index (χ2n) is 8.00. The summed E-state index contributed by atoms with van der Waals surface area (Å²) >= 11 is 6.45. The van der Waals surface area contributed by atoms with E-state index < -0.39 is 5.97 Å². The summed E-state index contributed by atoms with van der Waals surface area (Å²) in [4.78, 5) is 11.5. The summed E-state index contributed by atoms with van der Waals surface area (Å²) < 4.78 is 0. The zero-order valence-electron chi connectivity index (χ0n) is 14.0. The largest absolute Gasteiger partial charge is 0.478 e. The van der Waals surface area contributed by atoms with Gasteiger partial charge in [-0.1, -0.05) is 53.1 Å². The third-order valence-corrected chi connectivity index (χ3v) is 6.71. The quantitative estimate of drug-likeness (QED) is 0.771. The molecule has 21 heavy (non-hydrogen) atoms. The number of carbonyl (C=O) groups is 1. The average Bonchev–Trinajstić information content (AvgIpc) is 2.30. The van der Waals surface area contributed by atoms with E-state index in [1.54, 1.807) is 6.07 Å². The second-order valence-corrected chi connectivity index (χ2v) is 8.41. The minimum absolute atomic E-state index is 0.0260. The number of aromatic carboxylic acids is 1. The van der Waals surface area contributed by atoms with E-state index in [1.807, 2.05) is 6.92 Å². The van der Waals surface area contributed by atoms with E-state index in [2.05, 4.69) is 41.5 Å². The first kappa shape index (κ1) is 16.4. The van der Waals surface area contributed by atoms with Crippen molar-refractivity contribution in [1.82, 2.24) is 0 Å². The number of fused-ring (bicyclic) bond motifs is 1. The molecule has 0 amide bonds. The highest BCUT2D eigenvalue weighted by molar-refractivity contribution is 6.32. The van der Waals surface area contributed by atoms with Crippen molar-refractivity contribution >= 4 is 17.6 Å². The predicted octanol–water partition coefficient (Wildman–Crippen LogP) is 5.23. The van der Waals surface area contributed by atoms with Crippen LogP contribution in [0.1, 0.15) is 68.6 Å². The highest BCUT2D eigenvalue weighted by Crippen LogP contribution is 2.60. The van der Waals surface area contributed by atoms with Gasteiger partial charge >= 0.3 is 5.97 Å². The molecule has 3 heteroatoms. The molecule has 0 saturated heterocycles. The summed E-state index contributed by atoms with van der Waals surface area (Å²) in [5.74, 6) is -0.907. The fourth-order valence-corrected chi connectivity index (χ4v) is 4.14. The van der Waals surface area contributed by atoms with Gasteiger partial charge in [0.15, 0.2) is 0 Å². The summed E-state index contributed by atoms with van der Waals surface area (Å²) in [5.41, 5.74) is 3.38. The number of rotatable bonds is 1. The molecule has 2 rings (SSSR count). The standard InChI is InChI=1S/C18H25ClO2/c1-10-11(15(20)21)8-13(19)12-9-16(2,3)18(6,7)17(4,5)14(10)12/h8H,9H2,1-7H3,(H,20,21).